The standard InChI is InChI=1S/C84H117N15O19.CH4/c1-53(2)35-59(45-99-26-12-17-69(99)56(6)100)38-72(103)68(41-63-44-86-52-89-63)91-75(106)25-23-70(101)82(54(3)4)94-83(116)55(5)36-71(102)67(39-61-43-87-65-16-11-10-15-64(61)65)93-84(117)60(20-24-74(85)105)40-73(104)66(37-57-13-8-7-9-14-57)92-78(109)51-118-50-77(108)90-62-21-18-58(19-22-62)42-88-76(107)46-95-27-29-96(47-79(110)111)31-33-98(49-81(114)115)34-32-97(30-28-95)48-80(112)113;/h7-11,13-16,18-19,21-22,43-44,52-55,59-60,66-69,82,87H,12,17,20,23-42,45-51H2,1-6H3,(H2,85,105)(H,86,89)(H,88,107)(H,90,108)(H,91,106)(H,92,109)(H,93,117)(H,94,116)(H,110,111)(H,112,113)(H,114,115);1H4/t55-,59-,60-,66-,67+,68+,69+,82+;/m1./s1. The number of carboxylic acid groups (broad SMARTS) is 3. The van der Waals surface area contributed by atoms with E-state index in [0.29, 0.717) is 34.6 Å². The van der Waals surface area contributed by atoms with Gasteiger partial charge in [0.25, 0.3) is 0 Å². The molecule has 34 nitrogen and oxygen atoms in total. The molecule has 13 N–H and O–H groups in total. The summed E-state index contributed by atoms with van der Waals surface area (Å²) in [5.74, 6) is -12.3. The van der Waals surface area contributed by atoms with Gasteiger partial charge in [0.15, 0.2) is 23.1 Å². The highest BCUT2D eigenvalue weighted by atomic mass is 16.5. The molecule has 2 saturated heterocycles. The van der Waals surface area contributed by atoms with Crippen LogP contribution < -0.4 is 37.6 Å². The number of Topliss-reactive ketones (excluding diaryl/α,β-unsaturated/α-hetero) is 5. The van der Waals surface area contributed by atoms with Crippen LogP contribution in [0.15, 0.2) is 97.6 Å². The van der Waals surface area contributed by atoms with Crippen molar-refractivity contribution >= 4 is 105 Å². The third-order valence-corrected chi connectivity index (χ3v) is 21.1. The van der Waals surface area contributed by atoms with E-state index in [4.69, 9.17) is 10.5 Å². The summed E-state index contributed by atoms with van der Waals surface area (Å²) in [5, 5.41) is 46.1. The van der Waals surface area contributed by atoms with Crippen molar-refractivity contribution in [3.63, 3.8) is 0 Å². The molecular formula is C85H121N15O19. The first-order valence-electron chi connectivity index (χ1n) is 40.4. The minimum absolute atomic E-state index is 0. The van der Waals surface area contributed by atoms with Crippen LogP contribution in [0.3, 0.4) is 0 Å². The Bertz CT molecular complexity index is 4180. The SMILES string of the molecule is C.CC(=O)[C@@H]1CCCN1C[C@@H](CC(=O)[C@H](Cc1cnc[nH]1)NC(=O)CCC(=O)[C@@H](NC(=O)[C@H](C)CC(=O)[C@H](Cc1c[nH]c2ccccc12)NC(=O)[C@H](CCC(N)=O)CC(=O)[C@@H](Cc1ccccc1)NC(=O)COCC(=O)Nc1ccc(CNC(=O)CN2CCN(CC(=O)O)CCN(CC(=O)O)CCN(CC(=O)O)CC2)cc1)C(C)C)CC(C)C. The number of imidazole rings is 1. The van der Waals surface area contributed by atoms with Crippen LogP contribution in [0.5, 0.6) is 0 Å². The van der Waals surface area contributed by atoms with Crippen molar-refractivity contribution in [1.29, 1.82) is 0 Å². The number of fused-ring (bicyclic) bond motifs is 1. The number of ketones is 5. The number of hydrogen-bond acceptors (Lipinski definition) is 22. The molecule has 0 spiro atoms. The lowest BCUT2D eigenvalue weighted by Crippen LogP contribution is -2.49. The zero-order valence-corrected chi connectivity index (χ0v) is 68.4. The molecule has 2 aliphatic rings. The summed E-state index contributed by atoms with van der Waals surface area (Å²) in [6.45, 7) is 11.6. The van der Waals surface area contributed by atoms with Gasteiger partial charge in [-0.15, -0.1) is 0 Å². The van der Waals surface area contributed by atoms with Gasteiger partial charge < -0.3 is 67.7 Å². The number of amides is 7. The molecule has 8 atom stereocenters. The molecule has 0 saturated carbocycles. The number of hydrogen-bond donors (Lipinski definition) is 12. The van der Waals surface area contributed by atoms with E-state index in [1.165, 1.54) is 13.3 Å². The Morgan fingerprint density at radius 1 is 0.563 bits per heavy atom. The number of carbonyl (C=O) groups is 15. The summed E-state index contributed by atoms with van der Waals surface area (Å²) in [4.78, 5) is 220. The average molecular weight is 1660 g/mol. The minimum atomic E-state index is -1.33. The van der Waals surface area contributed by atoms with E-state index < -0.39 is 139 Å². The van der Waals surface area contributed by atoms with Crippen LogP contribution >= 0.6 is 0 Å². The highest BCUT2D eigenvalue weighted by molar-refractivity contribution is 5.98. The number of nitrogens with zero attached hydrogens (tertiary/aromatic N) is 6. The Kier molecular flexibility index (Phi) is 40.4. The quantitative estimate of drug-likeness (QED) is 0.0266. The monoisotopic (exact) mass is 1660 g/mol. The lowest BCUT2D eigenvalue weighted by Gasteiger charge is -2.32. The Morgan fingerprint density at radius 3 is 1.71 bits per heavy atom. The van der Waals surface area contributed by atoms with Gasteiger partial charge in [0, 0.05) is 163 Å². The van der Waals surface area contributed by atoms with Crippen LogP contribution in [0, 0.1) is 29.6 Å². The highest BCUT2D eigenvalue weighted by Gasteiger charge is 2.37. The van der Waals surface area contributed by atoms with Crippen molar-refractivity contribution in [3.05, 3.63) is 120 Å². The number of H-pyrrole nitrogens is 2. The maximum atomic E-state index is 14.8. The maximum Gasteiger partial charge on any atom is 0.317 e. The lowest BCUT2D eigenvalue weighted by molar-refractivity contribution is -0.140. The molecule has 4 heterocycles. The molecule has 2 fully saturated rings. The molecule has 0 aliphatic carbocycles. The number of carbonyl (C=O) groups excluding carboxylic acids is 12. The number of rotatable bonds is 49. The highest BCUT2D eigenvalue weighted by Crippen LogP contribution is 2.27. The average Bonchev–Trinajstić information content (AvgIpc) is 1.71. The zero-order valence-electron chi connectivity index (χ0n) is 68.4. The Balaban J connectivity index is 0.0000220. The number of ether oxygens (including phenoxy) is 1. The zero-order chi connectivity index (χ0) is 86.0. The first kappa shape index (κ1) is 97.1. The van der Waals surface area contributed by atoms with E-state index in [2.05, 4.69) is 65.6 Å². The lowest BCUT2D eigenvalue weighted by atomic mass is 9.88. The molecule has 2 aliphatic heterocycles. The van der Waals surface area contributed by atoms with Crippen LogP contribution in [0.1, 0.15) is 136 Å². The number of primary amides is 1. The second kappa shape index (κ2) is 49.6. The molecule has 2 aromatic heterocycles. The molecule has 7 amide bonds. The Morgan fingerprint density at radius 2 is 1.13 bits per heavy atom. The van der Waals surface area contributed by atoms with Crippen molar-refractivity contribution in [1.82, 2.24) is 66.0 Å². The number of aromatic nitrogens is 3. The van der Waals surface area contributed by atoms with Crippen LogP contribution in [-0.2, 0) is 102 Å². The molecule has 0 unspecified atom stereocenters. The summed E-state index contributed by atoms with van der Waals surface area (Å²) in [7, 11) is 0. The second-order valence-corrected chi connectivity index (χ2v) is 31.7. The van der Waals surface area contributed by atoms with E-state index in [-0.39, 0.29) is 179 Å². The summed E-state index contributed by atoms with van der Waals surface area (Å²) < 4.78 is 5.51. The predicted molar refractivity (Wildman–Crippen MR) is 443 cm³/mol. The number of carboxylic acids is 3. The van der Waals surface area contributed by atoms with Crippen molar-refractivity contribution in [2.45, 2.75) is 169 Å². The summed E-state index contributed by atoms with van der Waals surface area (Å²) in [6, 6.07) is 17.6. The van der Waals surface area contributed by atoms with Gasteiger partial charge >= 0.3 is 17.9 Å². The first-order chi connectivity index (χ1) is 56.2. The third kappa shape index (κ3) is 34.6. The van der Waals surface area contributed by atoms with E-state index in [9.17, 15) is 87.2 Å². The molecular weight excluding hydrogens is 1540 g/mol. The molecule has 5 aromatic rings. The topological polar surface area (TPSA) is 485 Å². The second-order valence-electron chi connectivity index (χ2n) is 31.7. The maximum absolute atomic E-state index is 14.8. The van der Waals surface area contributed by atoms with Gasteiger partial charge in [-0.25, -0.2) is 4.98 Å². The number of aliphatic carboxylic acids is 3. The van der Waals surface area contributed by atoms with Gasteiger partial charge in [-0.3, -0.25) is 96.4 Å². The van der Waals surface area contributed by atoms with Crippen LogP contribution in [0.2, 0.25) is 0 Å². The molecule has 7 rings (SSSR count). The number of benzene rings is 3. The first-order valence-corrected chi connectivity index (χ1v) is 40.4. The molecule has 34 heteroatoms. The number of aromatic amines is 2. The minimum Gasteiger partial charge on any atom is -0.480 e. The molecule has 3 aromatic carbocycles. The van der Waals surface area contributed by atoms with E-state index in [0.717, 1.165) is 36.7 Å². The van der Waals surface area contributed by atoms with Crippen LogP contribution in [0.4, 0.5) is 5.69 Å². The smallest absolute Gasteiger partial charge is 0.317 e. The fraction of sp³-hybridized carbons (Fsp3) is 0.553. The summed E-state index contributed by atoms with van der Waals surface area (Å²) in [5.41, 5.74) is 9.23. The van der Waals surface area contributed by atoms with Crippen molar-refractivity contribution < 1.29 is 92.0 Å². The van der Waals surface area contributed by atoms with Gasteiger partial charge in [-0.2, -0.15) is 0 Å². The number of para-hydroxylation sites is 1. The fourth-order valence-electron chi connectivity index (χ4n) is 14.9. The molecule has 0 radical (unpaired) electrons. The molecule has 0 bridgehead atoms. The number of likely N-dealkylation sites (tertiary alicyclic amines) is 1. The number of nitrogens with two attached hydrogens (primary N) is 1. The Hall–Kier alpha value is -10.8. The number of anilines is 1. The summed E-state index contributed by atoms with van der Waals surface area (Å²) >= 11 is 0. The van der Waals surface area contributed by atoms with Crippen LogP contribution in [-0.4, -0.2) is 278 Å². The van der Waals surface area contributed by atoms with E-state index in [1.54, 1.807) is 113 Å². The summed E-state index contributed by atoms with van der Waals surface area (Å²) in [6.07, 6.45) is 5.02. The van der Waals surface area contributed by atoms with Crippen molar-refractivity contribution in [3.8, 4) is 0 Å². The largest absolute Gasteiger partial charge is 0.480 e. The van der Waals surface area contributed by atoms with Crippen LogP contribution in [0.25, 0.3) is 10.9 Å². The van der Waals surface area contributed by atoms with Gasteiger partial charge in [-0.1, -0.05) is 103 Å². The number of nitrogens with one attached hydrogen (secondary N) is 8. The fourth-order valence-corrected chi connectivity index (χ4v) is 14.9. The van der Waals surface area contributed by atoms with Crippen molar-refractivity contribution in [2.75, 3.05) is 110 Å². The van der Waals surface area contributed by atoms with Crippen molar-refractivity contribution in [2.24, 2.45) is 35.3 Å². The Labute approximate surface area is 694 Å². The predicted octanol–water partition coefficient (Wildman–Crippen LogP) is 3.36. The molecule has 119 heavy (non-hydrogen) atoms. The van der Waals surface area contributed by atoms with E-state index >= 15 is 0 Å². The van der Waals surface area contributed by atoms with Gasteiger partial charge in [0.05, 0.1) is 62.7 Å². The molecule has 650 valence electrons. The van der Waals surface area contributed by atoms with Gasteiger partial charge in [-0.05, 0) is 98.2 Å². The normalized spacial score (nSPS) is 16.5. The van der Waals surface area contributed by atoms with Gasteiger partial charge in [0.2, 0.25) is 41.4 Å². The van der Waals surface area contributed by atoms with E-state index in [1.807, 2.05) is 18.2 Å². The third-order valence-electron chi connectivity index (χ3n) is 21.1. The van der Waals surface area contributed by atoms with Gasteiger partial charge in [0.1, 0.15) is 19.0 Å².